The molecule has 0 aromatic heterocycles. The van der Waals surface area contributed by atoms with E-state index in [2.05, 4.69) is 12.2 Å². The van der Waals surface area contributed by atoms with Gasteiger partial charge in [-0.2, -0.15) is 0 Å². The summed E-state index contributed by atoms with van der Waals surface area (Å²) in [6, 6.07) is 8.07. The van der Waals surface area contributed by atoms with Gasteiger partial charge in [0.1, 0.15) is 0 Å². The van der Waals surface area contributed by atoms with Gasteiger partial charge >= 0.3 is 0 Å². The lowest BCUT2D eigenvalue weighted by atomic mass is 10.0. The van der Waals surface area contributed by atoms with Crippen LogP contribution in [0.25, 0.3) is 0 Å². The third-order valence-electron chi connectivity index (χ3n) is 3.82. The second-order valence-electron chi connectivity index (χ2n) is 5.45. The number of nitrogens with two attached hydrogens (primary N) is 1. The lowest BCUT2D eigenvalue weighted by Gasteiger charge is -2.18. The van der Waals surface area contributed by atoms with Crippen LogP contribution in [-0.4, -0.2) is 18.5 Å². The van der Waals surface area contributed by atoms with Gasteiger partial charge in [0.25, 0.3) is 5.91 Å². The van der Waals surface area contributed by atoms with Gasteiger partial charge in [-0.15, -0.1) is 0 Å². The standard InChI is InChI=1S/C16H24N2O/c1-2-14(11-12-7-8-12)18-16(19)15-6-4-3-5-13(15)9-10-17/h3-6,12,14H,2,7-11,17H2,1H3,(H,18,19). The molecule has 0 spiro atoms. The van der Waals surface area contributed by atoms with E-state index in [4.69, 9.17) is 5.73 Å². The van der Waals surface area contributed by atoms with E-state index in [1.54, 1.807) is 0 Å². The number of rotatable bonds is 7. The Hall–Kier alpha value is -1.35. The normalized spacial score (nSPS) is 16.1. The molecule has 3 heteroatoms. The lowest BCUT2D eigenvalue weighted by molar-refractivity contribution is 0.0932. The Bertz CT molecular complexity index is 427. The summed E-state index contributed by atoms with van der Waals surface area (Å²) in [5.74, 6) is 0.890. The summed E-state index contributed by atoms with van der Waals surface area (Å²) in [5, 5.41) is 3.17. The zero-order valence-electron chi connectivity index (χ0n) is 11.7. The smallest absolute Gasteiger partial charge is 0.251 e. The van der Waals surface area contributed by atoms with Crippen molar-refractivity contribution in [1.82, 2.24) is 5.32 Å². The largest absolute Gasteiger partial charge is 0.349 e. The molecule has 3 nitrogen and oxygen atoms in total. The van der Waals surface area contributed by atoms with Gasteiger partial charge in [-0.3, -0.25) is 4.79 Å². The van der Waals surface area contributed by atoms with E-state index < -0.39 is 0 Å². The van der Waals surface area contributed by atoms with Crippen LogP contribution in [0.4, 0.5) is 0 Å². The van der Waals surface area contributed by atoms with Gasteiger partial charge in [0.15, 0.2) is 0 Å². The van der Waals surface area contributed by atoms with E-state index in [9.17, 15) is 4.79 Å². The van der Waals surface area contributed by atoms with Gasteiger partial charge in [-0.1, -0.05) is 38.0 Å². The minimum absolute atomic E-state index is 0.0524. The molecular weight excluding hydrogens is 236 g/mol. The van der Waals surface area contributed by atoms with Crippen molar-refractivity contribution in [2.24, 2.45) is 11.7 Å². The molecule has 1 atom stereocenters. The highest BCUT2D eigenvalue weighted by atomic mass is 16.1. The lowest BCUT2D eigenvalue weighted by Crippen LogP contribution is -2.35. The number of benzene rings is 1. The van der Waals surface area contributed by atoms with Gasteiger partial charge < -0.3 is 11.1 Å². The van der Waals surface area contributed by atoms with Crippen molar-refractivity contribution in [2.75, 3.05) is 6.54 Å². The fourth-order valence-electron chi connectivity index (χ4n) is 2.46. The van der Waals surface area contributed by atoms with Crippen LogP contribution in [0.1, 0.15) is 48.5 Å². The first-order chi connectivity index (χ1) is 9.24. The molecule has 104 valence electrons. The Labute approximate surface area is 115 Å². The Kier molecular flexibility index (Phi) is 4.97. The van der Waals surface area contributed by atoms with Crippen LogP contribution in [0, 0.1) is 5.92 Å². The summed E-state index contributed by atoms with van der Waals surface area (Å²) in [6.07, 6.45) is 5.54. The van der Waals surface area contributed by atoms with Crippen molar-refractivity contribution in [2.45, 2.75) is 45.1 Å². The highest BCUT2D eigenvalue weighted by Gasteiger charge is 2.25. The fourth-order valence-corrected chi connectivity index (χ4v) is 2.46. The average Bonchev–Trinajstić information content (AvgIpc) is 3.23. The molecule has 1 aliphatic carbocycles. The van der Waals surface area contributed by atoms with Gasteiger partial charge in [-0.05, 0) is 43.4 Å². The van der Waals surface area contributed by atoms with Gasteiger partial charge in [0, 0.05) is 11.6 Å². The van der Waals surface area contributed by atoms with E-state index in [1.807, 2.05) is 24.3 Å². The quantitative estimate of drug-likeness (QED) is 0.791. The van der Waals surface area contributed by atoms with Crippen LogP contribution >= 0.6 is 0 Å². The third-order valence-corrected chi connectivity index (χ3v) is 3.82. The molecule has 0 aliphatic heterocycles. The zero-order chi connectivity index (χ0) is 13.7. The number of hydrogen-bond donors (Lipinski definition) is 2. The number of hydrogen-bond acceptors (Lipinski definition) is 2. The first kappa shape index (κ1) is 14.1. The Morgan fingerprint density at radius 2 is 2.16 bits per heavy atom. The minimum Gasteiger partial charge on any atom is -0.349 e. The zero-order valence-corrected chi connectivity index (χ0v) is 11.7. The van der Waals surface area contributed by atoms with Crippen molar-refractivity contribution in [3.8, 4) is 0 Å². The van der Waals surface area contributed by atoms with Crippen LogP contribution in [-0.2, 0) is 6.42 Å². The van der Waals surface area contributed by atoms with E-state index in [0.717, 1.165) is 36.3 Å². The Morgan fingerprint density at radius 3 is 2.79 bits per heavy atom. The third kappa shape index (κ3) is 4.06. The number of amides is 1. The molecule has 1 amide bonds. The van der Waals surface area contributed by atoms with Crippen LogP contribution in [0.15, 0.2) is 24.3 Å². The van der Waals surface area contributed by atoms with Crippen molar-refractivity contribution >= 4 is 5.91 Å². The molecule has 1 aromatic rings. The molecule has 1 saturated carbocycles. The van der Waals surface area contributed by atoms with Crippen molar-refractivity contribution < 1.29 is 4.79 Å². The van der Waals surface area contributed by atoms with Crippen molar-refractivity contribution in [3.63, 3.8) is 0 Å². The first-order valence-electron chi connectivity index (χ1n) is 7.33. The first-order valence-corrected chi connectivity index (χ1v) is 7.33. The van der Waals surface area contributed by atoms with E-state index in [0.29, 0.717) is 12.6 Å². The molecule has 2 rings (SSSR count). The molecule has 0 heterocycles. The maximum absolute atomic E-state index is 12.4. The van der Waals surface area contributed by atoms with Crippen LogP contribution in [0.5, 0.6) is 0 Å². The van der Waals surface area contributed by atoms with Gasteiger partial charge in [0.2, 0.25) is 0 Å². The van der Waals surface area contributed by atoms with E-state index in [1.165, 1.54) is 12.8 Å². The summed E-state index contributed by atoms with van der Waals surface area (Å²) < 4.78 is 0. The molecule has 0 radical (unpaired) electrons. The van der Waals surface area contributed by atoms with Gasteiger partial charge in [0.05, 0.1) is 0 Å². The number of carbonyl (C=O) groups excluding carboxylic acids is 1. The summed E-state index contributed by atoms with van der Waals surface area (Å²) in [7, 11) is 0. The summed E-state index contributed by atoms with van der Waals surface area (Å²) in [4.78, 5) is 12.4. The molecular formula is C16H24N2O. The molecule has 0 bridgehead atoms. The van der Waals surface area contributed by atoms with Crippen LogP contribution in [0.2, 0.25) is 0 Å². The maximum Gasteiger partial charge on any atom is 0.251 e. The maximum atomic E-state index is 12.4. The predicted octanol–water partition coefficient (Wildman–Crippen LogP) is 2.50. The topological polar surface area (TPSA) is 55.1 Å². The molecule has 1 unspecified atom stereocenters. The average molecular weight is 260 g/mol. The monoisotopic (exact) mass is 260 g/mol. The van der Waals surface area contributed by atoms with E-state index in [-0.39, 0.29) is 5.91 Å². The summed E-state index contributed by atoms with van der Waals surface area (Å²) >= 11 is 0. The minimum atomic E-state index is 0.0524. The molecule has 3 N–H and O–H groups in total. The van der Waals surface area contributed by atoms with Crippen LogP contribution in [0.3, 0.4) is 0 Å². The van der Waals surface area contributed by atoms with Crippen molar-refractivity contribution in [1.29, 1.82) is 0 Å². The summed E-state index contributed by atoms with van der Waals surface area (Å²) in [6.45, 7) is 2.71. The van der Waals surface area contributed by atoms with Crippen LogP contribution < -0.4 is 11.1 Å². The number of carbonyl (C=O) groups is 1. The second-order valence-corrected chi connectivity index (χ2v) is 5.45. The molecule has 0 saturated heterocycles. The summed E-state index contributed by atoms with van der Waals surface area (Å²) in [5.41, 5.74) is 7.42. The van der Waals surface area contributed by atoms with Crippen molar-refractivity contribution in [3.05, 3.63) is 35.4 Å². The highest BCUT2D eigenvalue weighted by molar-refractivity contribution is 5.95. The SMILES string of the molecule is CCC(CC1CC1)NC(=O)c1ccccc1CCN. The molecule has 1 aliphatic rings. The molecule has 1 fully saturated rings. The van der Waals surface area contributed by atoms with E-state index >= 15 is 0 Å². The van der Waals surface area contributed by atoms with Gasteiger partial charge in [-0.25, -0.2) is 0 Å². The predicted molar refractivity (Wildman–Crippen MR) is 78.1 cm³/mol. The molecule has 19 heavy (non-hydrogen) atoms. The second kappa shape index (κ2) is 6.71. The number of nitrogens with one attached hydrogen (secondary N) is 1. The Morgan fingerprint density at radius 1 is 1.42 bits per heavy atom. The fraction of sp³-hybridized carbons (Fsp3) is 0.562. The molecule has 1 aromatic carbocycles. The highest BCUT2D eigenvalue weighted by Crippen LogP contribution is 2.34. The Balaban J connectivity index is 2.01.